The van der Waals surface area contributed by atoms with E-state index in [9.17, 15) is 4.39 Å². The number of halogens is 2. The van der Waals surface area contributed by atoms with Crippen molar-refractivity contribution in [2.75, 3.05) is 19.7 Å². The molecular formula is C24H26ClFN4O2. The van der Waals surface area contributed by atoms with Crippen LogP contribution in [0.4, 0.5) is 4.39 Å². The highest BCUT2D eigenvalue weighted by atomic mass is 35.5. The number of benzene rings is 1. The molecule has 3 aromatic rings. The summed E-state index contributed by atoms with van der Waals surface area (Å²) >= 11 is 5.85. The van der Waals surface area contributed by atoms with E-state index in [4.69, 9.17) is 21.1 Å². The number of ether oxygens (including phenoxy) is 2. The van der Waals surface area contributed by atoms with Crippen molar-refractivity contribution in [3.05, 3.63) is 76.7 Å². The smallest absolute Gasteiger partial charge is 0.213 e. The van der Waals surface area contributed by atoms with Gasteiger partial charge in [0.25, 0.3) is 0 Å². The molecule has 0 bridgehead atoms. The molecule has 5 rings (SSSR count). The monoisotopic (exact) mass is 456 g/mol. The number of hydrogen-bond donors (Lipinski definition) is 0. The molecule has 2 saturated heterocycles. The molecule has 6 nitrogen and oxygen atoms in total. The third-order valence-electron chi connectivity index (χ3n) is 6.04. The Hall–Kier alpha value is -2.48. The summed E-state index contributed by atoms with van der Waals surface area (Å²) in [6, 6.07) is 10.4. The molecule has 0 aliphatic carbocycles. The van der Waals surface area contributed by atoms with E-state index in [1.165, 1.54) is 6.07 Å². The highest BCUT2D eigenvalue weighted by Gasteiger charge is 2.26. The van der Waals surface area contributed by atoms with E-state index in [-0.39, 0.29) is 11.9 Å². The Labute approximate surface area is 191 Å². The molecule has 2 aliphatic rings. The zero-order valence-electron chi connectivity index (χ0n) is 17.8. The van der Waals surface area contributed by atoms with Crippen LogP contribution in [-0.4, -0.2) is 51.3 Å². The summed E-state index contributed by atoms with van der Waals surface area (Å²) in [6.07, 6.45) is 6.72. The second kappa shape index (κ2) is 9.57. The second-order valence-electron chi connectivity index (χ2n) is 8.42. The maximum atomic E-state index is 14.1. The minimum Gasteiger partial charge on any atom is -0.473 e. The topological polar surface area (TPSA) is 52.4 Å². The summed E-state index contributed by atoms with van der Waals surface area (Å²) in [5.41, 5.74) is 1.33. The van der Waals surface area contributed by atoms with Gasteiger partial charge in [0.15, 0.2) is 0 Å². The Morgan fingerprint density at radius 1 is 1.22 bits per heavy atom. The largest absolute Gasteiger partial charge is 0.473 e. The van der Waals surface area contributed by atoms with E-state index in [0.29, 0.717) is 29.0 Å². The van der Waals surface area contributed by atoms with Crippen LogP contribution < -0.4 is 4.74 Å². The van der Waals surface area contributed by atoms with Crippen molar-refractivity contribution in [3.63, 3.8) is 0 Å². The van der Waals surface area contributed by atoms with Gasteiger partial charge in [0.1, 0.15) is 17.7 Å². The summed E-state index contributed by atoms with van der Waals surface area (Å²) in [5, 5.41) is 0.390. The first-order valence-corrected chi connectivity index (χ1v) is 11.4. The number of likely N-dealkylation sites (tertiary alicyclic amines) is 1. The molecule has 0 amide bonds. The van der Waals surface area contributed by atoms with Crippen molar-refractivity contribution in [1.29, 1.82) is 0 Å². The Balaban J connectivity index is 1.16. The molecule has 4 heterocycles. The zero-order chi connectivity index (χ0) is 21.9. The molecule has 0 saturated carbocycles. The summed E-state index contributed by atoms with van der Waals surface area (Å²) in [6.45, 7) is 4.30. The molecule has 0 radical (unpaired) electrons. The van der Waals surface area contributed by atoms with Crippen molar-refractivity contribution in [3.8, 4) is 5.88 Å². The van der Waals surface area contributed by atoms with Crippen molar-refractivity contribution in [2.45, 2.75) is 44.6 Å². The van der Waals surface area contributed by atoms with Gasteiger partial charge in [-0.25, -0.2) is 14.4 Å². The first-order valence-electron chi connectivity index (χ1n) is 11.0. The first-order chi connectivity index (χ1) is 15.6. The van der Waals surface area contributed by atoms with Gasteiger partial charge < -0.3 is 14.0 Å². The van der Waals surface area contributed by atoms with E-state index in [0.717, 1.165) is 57.1 Å². The number of rotatable bonds is 8. The Bertz CT molecular complexity index is 1070. The molecule has 32 heavy (non-hydrogen) atoms. The minimum absolute atomic E-state index is 0.0726. The molecule has 2 aromatic heterocycles. The molecule has 0 spiro atoms. The lowest BCUT2D eigenvalue weighted by molar-refractivity contribution is -0.0597. The van der Waals surface area contributed by atoms with Gasteiger partial charge in [0.2, 0.25) is 5.88 Å². The fraction of sp³-hybridized carbons (Fsp3) is 0.417. The lowest BCUT2D eigenvalue weighted by atomic mass is 10.1. The van der Waals surface area contributed by atoms with E-state index in [1.807, 2.05) is 30.6 Å². The number of hydrogen-bond acceptors (Lipinski definition) is 5. The van der Waals surface area contributed by atoms with Crippen LogP contribution in [0.5, 0.6) is 5.88 Å². The Kier molecular flexibility index (Phi) is 6.39. The number of imidazole rings is 1. The molecule has 1 aromatic carbocycles. The number of nitrogens with zero attached hydrogens (tertiary/aromatic N) is 4. The number of aromatic nitrogens is 3. The van der Waals surface area contributed by atoms with Gasteiger partial charge >= 0.3 is 0 Å². The average molecular weight is 457 g/mol. The van der Waals surface area contributed by atoms with Crippen LogP contribution in [0, 0.1) is 5.82 Å². The van der Waals surface area contributed by atoms with E-state index in [1.54, 1.807) is 12.1 Å². The standard InChI is InChI=1S/C24H26ClFN4O2/c25-18-5-4-17(22(26)13-18)12-19-2-1-3-24(28-19)32-21-6-9-29(14-21)16-23-27-8-10-30(23)15-20-7-11-31-20/h1-5,8,10,13,20-21H,6-7,9,11-12,14-16H2/t20-,21?/m0/s1. The van der Waals surface area contributed by atoms with Crippen LogP contribution in [-0.2, 0) is 24.2 Å². The van der Waals surface area contributed by atoms with Crippen molar-refractivity contribution < 1.29 is 13.9 Å². The van der Waals surface area contributed by atoms with E-state index in [2.05, 4.69) is 19.4 Å². The SMILES string of the molecule is Fc1cc(Cl)ccc1Cc1cccc(OC2CCN(Cc3nccn3C[C@@H]3CCO3)C2)n1. The summed E-state index contributed by atoms with van der Waals surface area (Å²) in [7, 11) is 0. The van der Waals surface area contributed by atoms with Crippen LogP contribution in [0.25, 0.3) is 0 Å². The van der Waals surface area contributed by atoms with Crippen LogP contribution >= 0.6 is 11.6 Å². The maximum Gasteiger partial charge on any atom is 0.213 e. The zero-order valence-corrected chi connectivity index (χ0v) is 18.5. The first kappa shape index (κ1) is 21.4. The quantitative estimate of drug-likeness (QED) is 0.510. The van der Waals surface area contributed by atoms with E-state index >= 15 is 0 Å². The number of pyridine rings is 1. The molecule has 0 N–H and O–H groups in total. The van der Waals surface area contributed by atoms with Gasteiger partial charge in [0.05, 0.1) is 19.2 Å². The fourth-order valence-electron chi connectivity index (χ4n) is 4.20. The highest BCUT2D eigenvalue weighted by molar-refractivity contribution is 6.30. The molecule has 1 unspecified atom stereocenters. The van der Waals surface area contributed by atoms with Crippen molar-refractivity contribution in [1.82, 2.24) is 19.4 Å². The van der Waals surface area contributed by atoms with Crippen LogP contribution in [0.2, 0.25) is 5.02 Å². The lowest BCUT2D eigenvalue weighted by Crippen LogP contribution is -2.32. The predicted molar refractivity (Wildman–Crippen MR) is 119 cm³/mol. The molecule has 2 aliphatic heterocycles. The molecule has 2 fully saturated rings. The highest BCUT2D eigenvalue weighted by Crippen LogP contribution is 2.22. The third-order valence-corrected chi connectivity index (χ3v) is 6.28. The van der Waals surface area contributed by atoms with Crippen LogP contribution in [0.1, 0.15) is 29.9 Å². The predicted octanol–water partition coefficient (Wildman–Crippen LogP) is 4.10. The molecule has 168 valence electrons. The van der Waals surface area contributed by atoms with Gasteiger partial charge in [-0.3, -0.25) is 4.90 Å². The molecular weight excluding hydrogens is 431 g/mol. The summed E-state index contributed by atoms with van der Waals surface area (Å²) in [4.78, 5) is 11.5. The minimum atomic E-state index is -0.320. The lowest BCUT2D eigenvalue weighted by Gasteiger charge is -2.27. The van der Waals surface area contributed by atoms with Gasteiger partial charge in [-0.1, -0.05) is 23.7 Å². The molecule has 8 heteroatoms. The van der Waals surface area contributed by atoms with Gasteiger partial charge in [-0.15, -0.1) is 0 Å². The fourth-order valence-corrected chi connectivity index (χ4v) is 4.35. The van der Waals surface area contributed by atoms with Crippen LogP contribution in [0.15, 0.2) is 48.8 Å². The van der Waals surface area contributed by atoms with E-state index < -0.39 is 0 Å². The summed E-state index contributed by atoms with van der Waals surface area (Å²) in [5.74, 6) is 1.32. The summed E-state index contributed by atoms with van der Waals surface area (Å²) < 4.78 is 28.0. The van der Waals surface area contributed by atoms with Gasteiger partial charge in [-0.05, 0) is 36.6 Å². The van der Waals surface area contributed by atoms with Gasteiger partial charge in [0, 0.05) is 55.3 Å². The normalized spacial score (nSPS) is 20.9. The molecule has 2 atom stereocenters. The third kappa shape index (κ3) is 5.11. The van der Waals surface area contributed by atoms with Crippen LogP contribution in [0.3, 0.4) is 0 Å². The van der Waals surface area contributed by atoms with Gasteiger partial charge in [-0.2, -0.15) is 0 Å². The van der Waals surface area contributed by atoms with Crippen molar-refractivity contribution in [2.24, 2.45) is 0 Å². The Morgan fingerprint density at radius 2 is 2.12 bits per heavy atom. The Morgan fingerprint density at radius 3 is 2.94 bits per heavy atom. The second-order valence-corrected chi connectivity index (χ2v) is 8.86. The van der Waals surface area contributed by atoms with Crippen molar-refractivity contribution >= 4 is 11.6 Å². The average Bonchev–Trinajstić information content (AvgIpc) is 3.37. The maximum absolute atomic E-state index is 14.1.